The molecule has 1 rings (SSSR count). The Bertz CT molecular complexity index is 219. The number of hydrogen-bond acceptors (Lipinski definition) is 4. The average Bonchev–Trinajstić information content (AvgIpc) is 2.40. The Morgan fingerprint density at radius 3 is 3.07 bits per heavy atom. The van der Waals surface area contributed by atoms with E-state index >= 15 is 0 Å². The van der Waals surface area contributed by atoms with Crippen LogP contribution in [-0.2, 0) is 4.79 Å². The molecule has 0 saturated carbocycles. The molecule has 1 aliphatic rings. The van der Waals surface area contributed by atoms with Gasteiger partial charge in [-0.05, 0) is 19.8 Å². The quantitative estimate of drug-likeness (QED) is 0.485. The first-order chi connectivity index (χ1) is 7.03. The van der Waals surface area contributed by atoms with Crippen LogP contribution in [0, 0.1) is 0 Å². The van der Waals surface area contributed by atoms with Gasteiger partial charge >= 0.3 is 0 Å². The van der Waals surface area contributed by atoms with E-state index < -0.39 is 5.60 Å². The largest absolute Gasteiger partial charge is 0.393 e. The van der Waals surface area contributed by atoms with Crippen molar-refractivity contribution in [3.63, 3.8) is 0 Å². The lowest BCUT2D eigenvalue weighted by Crippen LogP contribution is -2.45. The topological polar surface area (TPSA) is 81.6 Å². The summed E-state index contributed by atoms with van der Waals surface area (Å²) in [5.41, 5.74) is -1.11. The van der Waals surface area contributed by atoms with Crippen LogP contribution in [0.15, 0.2) is 0 Å². The van der Waals surface area contributed by atoms with Crippen LogP contribution in [0.4, 0.5) is 0 Å². The molecule has 0 radical (unpaired) electrons. The molecule has 0 aromatic heterocycles. The van der Waals surface area contributed by atoms with Crippen molar-refractivity contribution in [3.05, 3.63) is 0 Å². The Morgan fingerprint density at radius 2 is 2.40 bits per heavy atom. The van der Waals surface area contributed by atoms with E-state index in [9.17, 15) is 9.90 Å². The minimum absolute atomic E-state index is 0.0497. The highest BCUT2D eigenvalue weighted by Crippen LogP contribution is 2.07. The third-order valence-electron chi connectivity index (χ3n) is 2.60. The highest BCUT2D eigenvalue weighted by molar-refractivity contribution is 5.76. The van der Waals surface area contributed by atoms with Gasteiger partial charge in [-0.1, -0.05) is 0 Å². The summed E-state index contributed by atoms with van der Waals surface area (Å²) in [5, 5.41) is 24.3. The fraction of sp³-hybridized carbons (Fsp3) is 0.900. The van der Waals surface area contributed by atoms with E-state index in [2.05, 4.69) is 10.6 Å². The number of aliphatic hydroxyl groups is 2. The van der Waals surface area contributed by atoms with Crippen molar-refractivity contribution in [2.45, 2.75) is 37.8 Å². The number of aliphatic hydroxyl groups excluding tert-OH is 1. The minimum Gasteiger partial charge on any atom is -0.393 e. The predicted molar refractivity (Wildman–Crippen MR) is 56.4 cm³/mol. The molecule has 2 atom stereocenters. The van der Waals surface area contributed by atoms with Gasteiger partial charge in [0.05, 0.1) is 12.2 Å². The summed E-state index contributed by atoms with van der Waals surface area (Å²) in [4.78, 5) is 11.2. The Hall–Kier alpha value is -0.650. The average molecular weight is 216 g/mol. The first-order valence-electron chi connectivity index (χ1n) is 5.37. The zero-order valence-corrected chi connectivity index (χ0v) is 9.12. The molecular formula is C10H20N2O3. The normalized spacial score (nSPS) is 26.6. The lowest BCUT2D eigenvalue weighted by Gasteiger charge is -2.24. The highest BCUT2D eigenvalue weighted by Gasteiger charge is 2.22. The lowest BCUT2D eigenvalue weighted by atomic mass is 10.1. The highest BCUT2D eigenvalue weighted by atomic mass is 16.3. The van der Waals surface area contributed by atoms with Crippen molar-refractivity contribution in [3.8, 4) is 0 Å². The third kappa shape index (κ3) is 4.59. The summed E-state index contributed by atoms with van der Waals surface area (Å²) in [5.74, 6) is 0.0497. The van der Waals surface area contributed by atoms with Crippen LogP contribution in [0.1, 0.15) is 26.2 Å². The summed E-state index contributed by atoms with van der Waals surface area (Å²) < 4.78 is 0. The number of carbonyl (C=O) groups excluding carboxylic acids is 1. The molecule has 15 heavy (non-hydrogen) atoms. The van der Waals surface area contributed by atoms with Crippen LogP contribution < -0.4 is 10.6 Å². The molecule has 5 heteroatoms. The molecule has 4 N–H and O–H groups in total. The molecule has 0 aromatic carbocycles. The second-order valence-electron chi connectivity index (χ2n) is 4.43. The van der Waals surface area contributed by atoms with E-state index in [4.69, 9.17) is 5.11 Å². The summed E-state index contributed by atoms with van der Waals surface area (Å²) in [6, 6.07) is 0.102. The molecule has 0 aromatic rings. The molecule has 0 aliphatic carbocycles. The van der Waals surface area contributed by atoms with E-state index in [0.29, 0.717) is 13.0 Å². The number of carbonyl (C=O) groups is 1. The van der Waals surface area contributed by atoms with Gasteiger partial charge in [0.15, 0.2) is 0 Å². The summed E-state index contributed by atoms with van der Waals surface area (Å²) in [6.07, 6.45) is 2.31. The molecule has 0 spiro atoms. The first kappa shape index (κ1) is 12.4. The van der Waals surface area contributed by atoms with Crippen molar-refractivity contribution >= 4 is 5.91 Å². The van der Waals surface area contributed by atoms with E-state index in [1.54, 1.807) is 6.92 Å². The van der Waals surface area contributed by atoms with Gasteiger partial charge in [-0.3, -0.25) is 4.79 Å². The van der Waals surface area contributed by atoms with Crippen molar-refractivity contribution < 1.29 is 15.0 Å². The van der Waals surface area contributed by atoms with Gasteiger partial charge in [-0.2, -0.15) is 0 Å². The Kier molecular flexibility index (Phi) is 4.50. The second kappa shape index (κ2) is 5.44. The van der Waals surface area contributed by atoms with Gasteiger partial charge in [0.25, 0.3) is 0 Å². The molecule has 1 fully saturated rings. The maximum Gasteiger partial charge on any atom is 0.221 e. The van der Waals surface area contributed by atoms with Gasteiger partial charge in [0.2, 0.25) is 5.91 Å². The monoisotopic (exact) mass is 216 g/mol. The van der Waals surface area contributed by atoms with Gasteiger partial charge in [0.1, 0.15) is 0 Å². The van der Waals surface area contributed by atoms with E-state index in [-0.39, 0.29) is 18.6 Å². The maximum atomic E-state index is 11.2. The van der Waals surface area contributed by atoms with Crippen LogP contribution in [-0.4, -0.2) is 47.5 Å². The fourth-order valence-corrected chi connectivity index (χ4v) is 1.57. The maximum absolute atomic E-state index is 11.2. The van der Waals surface area contributed by atoms with Crippen molar-refractivity contribution in [1.82, 2.24) is 10.6 Å². The molecule has 1 amide bonds. The number of hydrogen-bond donors (Lipinski definition) is 4. The summed E-state index contributed by atoms with van der Waals surface area (Å²) in [7, 11) is 0. The van der Waals surface area contributed by atoms with E-state index in [1.807, 2.05) is 0 Å². The molecule has 88 valence electrons. The van der Waals surface area contributed by atoms with Crippen molar-refractivity contribution in [1.29, 1.82) is 0 Å². The standard InChI is InChI=1S/C10H20N2O3/c1-10(15,7-13)6-12-8-3-2-4-11-9(14)5-8/h8,12-13,15H,2-7H2,1H3,(H,11,14). The molecular weight excluding hydrogens is 196 g/mol. The Morgan fingerprint density at radius 1 is 1.67 bits per heavy atom. The number of rotatable bonds is 4. The lowest BCUT2D eigenvalue weighted by molar-refractivity contribution is -0.121. The Labute approximate surface area is 89.9 Å². The molecule has 1 heterocycles. The molecule has 5 nitrogen and oxygen atoms in total. The molecule has 0 bridgehead atoms. The van der Waals surface area contributed by atoms with Crippen molar-refractivity contribution in [2.24, 2.45) is 0 Å². The zero-order valence-electron chi connectivity index (χ0n) is 9.12. The molecule has 1 saturated heterocycles. The summed E-state index contributed by atoms with van der Waals surface area (Å²) in [6.45, 7) is 2.32. The van der Waals surface area contributed by atoms with Crippen LogP contribution in [0.2, 0.25) is 0 Å². The minimum atomic E-state index is -1.11. The van der Waals surface area contributed by atoms with Crippen LogP contribution in [0.3, 0.4) is 0 Å². The summed E-state index contributed by atoms with van der Waals surface area (Å²) >= 11 is 0. The number of amides is 1. The van der Waals surface area contributed by atoms with E-state index in [1.165, 1.54) is 0 Å². The Balaban J connectivity index is 2.33. The van der Waals surface area contributed by atoms with Crippen LogP contribution in [0.25, 0.3) is 0 Å². The van der Waals surface area contributed by atoms with E-state index in [0.717, 1.165) is 19.4 Å². The fourth-order valence-electron chi connectivity index (χ4n) is 1.57. The second-order valence-corrected chi connectivity index (χ2v) is 4.43. The SMILES string of the molecule is CC(O)(CO)CNC1CCCNC(=O)C1. The predicted octanol–water partition coefficient (Wildman–Crippen LogP) is -1.01. The van der Waals surface area contributed by atoms with Gasteiger partial charge in [0, 0.05) is 25.6 Å². The van der Waals surface area contributed by atoms with Crippen LogP contribution in [0.5, 0.6) is 0 Å². The smallest absolute Gasteiger partial charge is 0.221 e. The van der Waals surface area contributed by atoms with Gasteiger partial charge in [-0.25, -0.2) is 0 Å². The zero-order chi connectivity index (χ0) is 11.3. The molecule has 1 aliphatic heterocycles. The third-order valence-corrected chi connectivity index (χ3v) is 2.60. The van der Waals surface area contributed by atoms with Crippen LogP contribution >= 0.6 is 0 Å². The van der Waals surface area contributed by atoms with Gasteiger partial charge < -0.3 is 20.8 Å². The first-order valence-corrected chi connectivity index (χ1v) is 5.37. The number of nitrogens with one attached hydrogen (secondary N) is 2. The van der Waals surface area contributed by atoms with Crippen molar-refractivity contribution in [2.75, 3.05) is 19.7 Å². The molecule has 2 unspecified atom stereocenters. The van der Waals surface area contributed by atoms with Gasteiger partial charge in [-0.15, -0.1) is 0 Å².